The lowest BCUT2D eigenvalue weighted by Crippen LogP contribution is -2.36. The second-order valence-electron chi connectivity index (χ2n) is 4.76. The van der Waals surface area contributed by atoms with Gasteiger partial charge in [0.05, 0.1) is 10.9 Å². The van der Waals surface area contributed by atoms with E-state index in [0.29, 0.717) is 6.54 Å². The van der Waals surface area contributed by atoms with E-state index < -0.39 is 15.3 Å². The molecule has 0 unspecified atom stereocenters. The minimum Gasteiger partial charge on any atom is -0.270 e. The van der Waals surface area contributed by atoms with Gasteiger partial charge in [-0.05, 0) is 32.2 Å². The van der Waals surface area contributed by atoms with Gasteiger partial charge < -0.3 is 0 Å². The molecule has 0 saturated carbocycles. The van der Waals surface area contributed by atoms with Gasteiger partial charge in [-0.2, -0.15) is 0 Å². The van der Waals surface area contributed by atoms with E-state index in [-0.39, 0.29) is 0 Å². The Labute approximate surface area is 114 Å². The summed E-state index contributed by atoms with van der Waals surface area (Å²) >= 11 is 0. The number of nitrogens with zero attached hydrogens (tertiary/aromatic N) is 1. The fourth-order valence-electron chi connectivity index (χ4n) is 2.17. The summed E-state index contributed by atoms with van der Waals surface area (Å²) in [5.41, 5.74) is 0.759. The van der Waals surface area contributed by atoms with Crippen molar-refractivity contribution in [1.82, 2.24) is 0 Å². The summed E-state index contributed by atoms with van der Waals surface area (Å²) in [6.07, 6.45) is 0. The third-order valence-electron chi connectivity index (χ3n) is 3.23. The first-order chi connectivity index (χ1) is 8.98. The SMILES string of the molecule is CCN(c1cccc2ccccc12)S(=O)(=O)C(C)C. The molecule has 0 amide bonds. The maximum atomic E-state index is 12.4. The summed E-state index contributed by atoms with van der Waals surface area (Å²) in [6.45, 7) is 5.72. The molecule has 2 aromatic carbocycles. The molecule has 0 N–H and O–H groups in total. The molecule has 0 saturated heterocycles. The highest BCUT2D eigenvalue weighted by Gasteiger charge is 2.25. The molecule has 102 valence electrons. The predicted molar refractivity (Wildman–Crippen MR) is 81.0 cm³/mol. The highest BCUT2D eigenvalue weighted by atomic mass is 32.2. The lowest BCUT2D eigenvalue weighted by molar-refractivity contribution is 0.583. The van der Waals surface area contributed by atoms with Crippen molar-refractivity contribution in [3.8, 4) is 0 Å². The van der Waals surface area contributed by atoms with E-state index in [1.807, 2.05) is 49.4 Å². The summed E-state index contributed by atoms with van der Waals surface area (Å²) in [6, 6.07) is 13.6. The van der Waals surface area contributed by atoms with Crippen molar-refractivity contribution in [3.05, 3.63) is 42.5 Å². The number of hydrogen-bond acceptors (Lipinski definition) is 2. The zero-order valence-corrected chi connectivity index (χ0v) is 12.3. The molecular weight excluding hydrogens is 258 g/mol. The molecule has 0 heterocycles. The van der Waals surface area contributed by atoms with Gasteiger partial charge in [0.15, 0.2) is 0 Å². The molecular formula is C15H19NO2S. The summed E-state index contributed by atoms with van der Waals surface area (Å²) in [7, 11) is -3.30. The molecule has 19 heavy (non-hydrogen) atoms. The van der Waals surface area contributed by atoms with Crippen molar-refractivity contribution in [2.75, 3.05) is 10.8 Å². The fourth-order valence-corrected chi connectivity index (χ4v) is 3.47. The Hall–Kier alpha value is -1.55. The van der Waals surface area contributed by atoms with Crippen LogP contribution in [0.15, 0.2) is 42.5 Å². The van der Waals surface area contributed by atoms with Gasteiger partial charge in [0, 0.05) is 11.9 Å². The standard InChI is InChI=1S/C15H19NO2S/c1-4-16(19(17,18)12(2)3)15-11-7-9-13-8-5-6-10-14(13)15/h5-12H,4H2,1-3H3. The third kappa shape index (κ3) is 2.45. The summed E-state index contributed by atoms with van der Waals surface area (Å²) < 4.78 is 26.4. The number of anilines is 1. The largest absolute Gasteiger partial charge is 0.270 e. The van der Waals surface area contributed by atoms with Crippen molar-refractivity contribution in [2.45, 2.75) is 26.0 Å². The van der Waals surface area contributed by atoms with E-state index in [9.17, 15) is 8.42 Å². The maximum Gasteiger partial charge on any atom is 0.237 e. The van der Waals surface area contributed by atoms with Crippen LogP contribution < -0.4 is 4.31 Å². The molecule has 0 spiro atoms. The first kappa shape index (κ1) is 13.9. The van der Waals surface area contributed by atoms with Crippen LogP contribution in [0.5, 0.6) is 0 Å². The fraction of sp³-hybridized carbons (Fsp3) is 0.333. The Morgan fingerprint density at radius 3 is 2.32 bits per heavy atom. The van der Waals surface area contributed by atoms with Crippen molar-refractivity contribution in [2.24, 2.45) is 0 Å². The van der Waals surface area contributed by atoms with Crippen LogP contribution in [-0.2, 0) is 10.0 Å². The Morgan fingerprint density at radius 1 is 1.05 bits per heavy atom. The quantitative estimate of drug-likeness (QED) is 0.859. The van der Waals surface area contributed by atoms with E-state index in [4.69, 9.17) is 0 Å². The molecule has 2 aromatic rings. The van der Waals surface area contributed by atoms with Gasteiger partial charge >= 0.3 is 0 Å². The van der Waals surface area contributed by atoms with E-state index in [1.54, 1.807) is 13.8 Å². The van der Waals surface area contributed by atoms with Crippen LogP contribution in [-0.4, -0.2) is 20.2 Å². The first-order valence-corrected chi connectivity index (χ1v) is 7.98. The minimum absolute atomic E-state index is 0.425. The average molecular weight is 277 g/mol. The topological polar surface area (TPSA) is 37.4 Å². The minimum atomic E-state index is -3.30. The third-order valence-corrected chi connectivity index (χ3v) is 5.49. The zero-order valence-electron chi connectivity index (χ0n) is 11.5. The smallest absolute Gasteiger partial charge is 0.237 e. The normalized spacial score (nSPS) is 12.0. The second kappa shape index (κ2) is 5.21. The molecule has 0 aliphatic carbocycles. The Balaban J connectivity index is 2.66. The molecule has 4 heteroatoms. The van der Waals surface area contributed by atoms with Crippen LogP contribution in [0.4, 0.5) is 5.69 Å². The summed E-state index contributed by atoms with van der Waals surface area (Å²) in [4.78, 5) is 0. The van der Waals surface area contributed by atoms with Gasteiger partial charge in [-0.1, -0.05) is 36.4 Å². The lowest BCUT2D eigenvalue weighted by atomic mass is 10.1. The number of benzene rings is 2. The molecule has 0 bridgehead atoms. The van der Waals surface area contributed by atoms with Gasteiger partial charge in [-0.15, -0.1) is 0 Å². The second-order valence-corrected chi connectivity index (χ2v) is 7.17. The van der Waals surface area contributed by atoms with E-state index in [1.165, 1.54) is 4.31 Å². The molecule has 0 fully saturated rings. The Morgan fingerprint density at radius 2 is 1.68 bits per heavy atom. The Kier molecular flexibility index (Phi) is 3.80. The van der Waals surface area contributed by atoms with Crippen LogP contribution in [0, 0.1) is 0 Å². The molecule has 0 aliphatic heterocycles. The molecule has 3 nitrogen and oxygen atoms in total. The van der Waals surface area contributed by atoms with Crippen LogP contribution in [0.1, 0.15) is 20.8 Å². The van der Waals surface area contributed by atoms with Gasteiger partial charge in [0.2, 0.25) is 10.0 Å². The maximum absolute atomic E-state index is 12.4. The average Bonchev–Trinajstić information content (AvgIpc) is 2.39. The highest BCUT2D eigenvalue weighted by Crippen LogP contribution is 2.29. The van der Waals surface area contributed by atoms with Crippen LogP contribution >= 0.6 is 0 Å². The number of rotatable bonds is 4. The zero-order chi connectivity index (χ0) is 14.0. The van der Waals surface area contributed by atoms with E-state index >= 15 is 0 Å². The number of fused-ring (bicyclic) bond motifs is 1. The molecule has 2 rings (SSSR count). The molecule has 0 aliphatic rings. The number of hydrogen-bond donors (Lipinski definition) is 0. The first-order valence-electron chi connectivity index (χ1n) is 6.47. The van der Waals surface area contributed by atoms with Crippen molar-refractivity contribution >= 4 is 26.5 Å². The van der Waals surface area contributed by atoms with Gasteiger partial charge in [0.25, 0.3) is 0 Å². The van der Waals surface area contributed by atoms with Crippen molar-refractivity contribution in [3.63, 3.8) is 0 Å². The summed E-state index contributed by atoms with van der Waals surface area (Å²) in [5, 5.41) is 1.60. The Bertz CT molecular complexity index is 672. The highest BCUT2D eigenvalue weighted by molar-refractivity contribution is 7.93. The van der Waals surface area contributed by atoms with E-state index in [0.717, 1.165) is 16.5 Å². The monoisotopic (exact) mass is 277 g/mol. The van der Waals surface area contributed by atoms with Gasteiger partial charge in [-0.25, -0.2) is 8.42 Å². The van der Waals surface area contributed by atoms with Gasteiger partial charge in [0.1, 0.15) is 0 Å². The molecule has 0 aromatic heterocycles. The molecule has 0 atom stereocenters. The lowest BCUT2D eigenvalue weighted by Gasteiger charge is -2.26. The van der Waals surface area contributed by atoms with Crippen molar-refractivity contribution < 1.29 is 8.42 Å². The van der Waals surface area contributed by atoms with Crippen molar-refractivity contribution in [1.29, 1.82) is 0 Å². The predicted octanol–water partition coefficient (Wildman–Crippen LogP) is 3.40. The molecule has 0 radical (unpaired) electrons. The van der Waals surface area contributed by atoms with Crippen LogP contribution in [0.25, 0.3) is 10.8 Å². The summed E-state index contributed by atoms with van der Waals surface area (Å²) in [5.74, 6) is 0. The van der Waals surface area contributed by atoms with Crippen LogP contribution in [0.2, 0.25) is 0 Å². The van der Waals surface area contributed by atoms with Crippen LogP contribution in [0.3, 0.4) is 0 Å². The van der Waals surface area contributed by atoms with E-state index in [2.05, 4.69) is 0 Å². The number of sulfonamides is 1. The van der Waals surface area contributed by atoms with Gasteiger partial charge in [-0.3, -0.25) is 4.31 Å².